The van der Waals surface area contributed by atoms with Crippen LogP contribution < -0.4 is 5.32 Å². The van der Waals surface area contributed by atoms with E-state index in [2.05, 4.69) is 29.3 Å². The zero-order valence-corrected chi connectivity index (χ0v) is 13.4. The first-order valence-corrected chi connectivity index (χ1v) is 7.79. The van der Waals surface area contributed by atoms with Crippen LogP contribution in [0.4, 0.5) is 0 Å². The van der Waals surface area contributed by atoms with Crippen molar-refractivity contribution in [2.45, 2.75) is 45.2 Å². The van der Waals surface area contributed by atoms with E-state index in [-0.39, 0.29) is 11.9 Å². The zero-order chi connectivity index (χ0) is 15.2. The van der Waals surface area contributed by atoms with E-state index >= 15 is 0 Å². The van der Waals surface area contributed by atoms with E-state index in [1.54, 1.807) is 0 Å². The van der Waals surface area contributed by atoms with Gasteiger partial charge in [-0.3, -0.25) is 4.79 Å². The van der Waals surface area contributed by atoms with E-state index in [1.807, 2.05) is 32.3 Å². The Bertz CT molecular complexity index is 520. The van der Waals surface area contributed by atoms with Crippen molar-refractivity contribution in [3.63, 3.8) is 0 Å². The van der Waals surface area contributed by atoms with Crippen molar-refractivity contribution in [3.8, 4) is 0 Å². The van der Waals surface area contributed by atoms with Gasteiger partial charge in [-0.2, -0.15) is 0 Å². The highest BCUT2D eigenvalue weighted by Gasteiger charge is 2.15. The third kappa shape index (κ3) is 4.71. The van der Waals surface area contributed by atoms with Crippen LogP contribution in [0.15, 0.2) is 35.9 Å². The molecule has 1 N–H and O–H groups in total. The molecule has 0 aromatic heterocycles. The van der Waals surface area contributed by atoms with Crippen LogP contribution in [0.1, 0.15) is 48.5 Å². The number of amides is 1. The summed E-state index contributed by atoms with van der Waals surface area (Å²) in [4.78, 5) is 14.5. The molecular formula is C18H26N2O. The van der Waals surface area contributed by atoms with Gasteiger partial charge in [0.05, 0.1) is 0 Å². The molecule has 0 aliphatic heterocycles. The zero-order valence-electron chi connectivity index (χ0n) is 13.4. The van der Waals surface area contributed by atoms with E-state index < -0.39 is 0 Å². The molecule has 1 aromatic rings. The molecule has 0 radical (unpaired) electrons. The molecular weight excluding hydrogens is 260 g/mol. The fourth-order valence-corrected chi connectivity index (χ4v) is 2.81. The average molecular weight is 286 g/mol. The van der Waals surface area contributed by atoms with Gasteiger partial charge in [0, 0.05) is 18.2 Å². The van der Waals surface area contributed by atoms with Gasteiger partial charge in [-0.05, 0) is 64.4 Å². The number of rotatable bonds is 5. The summed E-state index contributed by atoms with van der Waals surface area (Å²) in [6, 6.07) is 8.02. The second kappa shape index (κ2) is 7.41. The Morgan fingerprint density at radius 3 is 2.81 bits per heavy atom. The molecule has 2 rings (SSSR count). The summed E-state index contributed by atoms with van der Waals surface area (Å²) in [5.74, 6) is 0.0228. The fourth-order valence-electron chi connectivity index (χ4n) is 2.81. The lowest BCUT2D eigenvalue weighted by atomic mass is 9.94. The number of benzene rings is 1. The molecule has 21 heavy (non-hydrogen) atoms. The van der Waals surface area contributed by atoms with Crippen molar-refractivity contribution in [2.75, 3.05) is 14.1 Å². The minimum Gasteiger partial charge on any atom is -0.346 e. The van der Waals surface area contributed by atoms with Crippen LogP contribution in [0.2, 0.25) is 0 Å². The van der Waals surface area contributed by atoms with Gasteiger partial charge in [0.1, 0.15) is 0 Å². The smallest absolute Gasteiger partial charge is 0.251 e. The second-order valence-electron chi connectivity index (χ2n) is 6.16. The highest BCUT2D eigenvalue weighted by molar-refractivity contribution is 5.94. The lowest BCUT2D eigenvalue weighted by molar-refractivity contribution is 0.0944. The molecule has 0 spiro atoms. The van der Waals surface area contributed by atoms with Gasteiger partial charge in [0.25, 0.3) is 5.91 Å². The number of nitrogens with zero attached hydrogens (tertiary/aromatic N) is 1. The van der Waals surface area contributed by atoms with Gasteiger partial charge in [-0.25, -0.2) is 0 Å². The topological polar surface area (TPSA) is 32.3 Å². The number of hydrogen-bond donors (Lipinski definition) is 1. The Balaban J connectivity index is 2.01. The van der Waals surface area contributed by atoms with E-state index in [1.165, 1.54) is 18.4 Å². The molecule has 0 fully saturated rings. The molecule has 1 aliphatic rings. The Morgan fingerprint density at radius 1 is 1.33 bits per heavy atom. The number of carbonyl (C=O) groups excluding carboxylic acids is 1. The van der Waals surface area contributed by atoms with Gasteiger partial charge in [0.2, 0.25) is 0 Å². The molecule has 1 aromatic carbocycles. The van der Waals surface area contributed by atoms with Crippen molar-refractivity contribution in [1.29, 1.82) is 0 Å². The molecule has 1 amide bonds. The number of hydrogen-bond acceptors (Lipinski definition) is 2. The first-order chi connectivity index (χ1) is 10.1. The summed E-state index contributed by atoms with van der Waals surface area (Å²) >= 11 is 0. The van der Waals surface area contributed by atoms with E-state index in [0.717, 1.165) is 30.5 Å². The largest absolute Gasteiger partial charge is 0.346 e. The SMILES string of the molecule is C[C@H](NC(=O)c1cccc(CN(C)C)c1)C1=CCCCC1. The Kier molecular flexibility index (Phi) is 5.57. The molecule has 0 saturated carbocycles. The lowest BCUT2D eigenvalue weighted by Gasteiger charge is -2.21. The number of nitrogens with one attached hydrogen (secondary N) is 1. The van der Waals surface area contributed by atoms with Gasteiger partial charge in [-0.15, -0.1) is 0 Å². The third-order valence-electron chi connectivity index (χ3n) is 3.92. The normalized spacial score (nSPS) is 16.5. The van der Waals surface area contributed by atoms with E-state index in [4.69, 9.17) is 0 Å². The molecule has 114 valence electrons. The quantitative estimate of drug-likeness (QED) is 0.842. The Morgan fingerprint density at radius 2 is 2.14 bits per heavy atom. The van der Waals surface area contributed by atoms with Crippen LogP contribution in [-0.2, 0) is 6.54 Å². The molecule has 0 heterocycles. The predicted octanol–water partition coefficient (Wildman–Crippen LogP) is 3.37. The van der Waals surface area contributed by atoms with Crippen LogP contribution in [0.3, 0.4) is 0 Å². The molecule has 1 aliphatic carbocycles. The summed E-state index contributed by atoms with van der Waals surface area (Å²) in [7, 11) is 4.06. The average Bonchev–Trinajstić information content (AvgIpc) is 2.47. The highest BCUT2D eigenvalue weighted by atomic mass is 16.1. The maximum absolute atomic E-state index is 12.4. The Labute approximate surface area is 128 Å². The van der Waals surface area contributed by atoms with Gasteiger partial charge < -0.3 is 10.2 Å². The molecule has 3 nitrogen and oxygen atoms in total. The molecule has 0 bridgehead atoms. The van der Waals surface area contributed by atoms with Crippen molar-refractivity contribution in [3.05, 3.63) is 47.0 Å². The maximum Gasteiger partial charge on any atom is 0.251 e. The first kappa shape index (κ1) is 15.8. The number of carbonyl (C=O) groups is 1. The van der Waals surface area contributed by atoms with Gasteiger partial charge in [0.15, 0.2) is 0 Å². The minimum absolute atomic E-state index is 0.0228. The van der Waals surface area contributed by atoms with Crippen molar-refractivity contribution in [1.82, 2.24) is 10.2 Å². The molecule has 0 saturated heterocycles. The van der Waals surface area contributed by atoms with Crippen LogP contribution in [0.25, 0.3) is 0 Å². The highest BCUT2D eigenvalue weighted by Crippen LogP contribution is 2.20. The summed E-state index contributed by atoms with van der Waals surface area (Å²) < 4.78 is 0. The van der Waals surface area contributed by atoms with Crippen molar-refractivity contribution in [2.24, 2.45) is 0 Å². The van der Waals surface area contributed by atoms with E-state index in [0.29, 0.717) is 0 Å². The molecule has 0 unspecified atom stereocenters. The van der Waals surface area contributed by atoms with Crippen molar-refractivity contribution < 1.29 is 4.79 Å². The predicted molar refractivity (Wildman–Crippen MR) is 87.3 cm³/mol. The van der Waals surface area contributed by atoms with Gasteiger partial charge >= 0.3 is 0 Å². The van der Waals surface area contributed by atoms with Crippen LogP contribution in [-0.4, -0.2) is 30.9 Å². The van der Waals surface area contributed by atoms with Crippen molar-refractivity contribution >= 4 is 5.91 Å². The van der Waals surface area contributed by atoms with E-state index in [9.17, 15) is 4.79 Å². The molecule has 3 heteroatoms. The summed E-state index contributed by atoms with van der Waals surface area (Å²) in [6.07, 6.45) is 7.06. The molecule has 1 atom stereocenters. The third-order valence-corrected chi connectivity index (χ3v) is 3.92. The number of allylic oxidation sites excluding steroid dienone is 1. The van der Waals surface area contributed by atoms with Crippen LogP contribution >= 0.6 is 0 Å². The van der Waals surface area contributed by atoms with Gasteiger partial charge in [-0.1, -0.05) is 23.8 Å². The monoisotopic (exact) mass is 286 g/mol. The fraction of sp³-hybridized carbons (Fsp3) is 0.500. The lowest BCUT2D eigenvalue weighted by Crippen LogP contribution is -2.34. The standard InChI is InChI=1S/C18H26N2O/c1-14(16-9-5-4-6-10-16)19-18(21)17-11-7-8-15(12-17)13-20(2)3/h7-9,11-12,14H,4-6,10,13H2,1-3H3,(H,19,21)/t14-/m0/s1. The van der Waals surface area contributed by atoms with Crippen LogP contribution in [0.5, 0.6) is 0 Å². The Hall–Kier alpha value is -1.61. The minimum atomic E-state index is 0.0228. The maximum atomic E-state index is 12.4. The second-order valence-corrected chi connectivity index (χ2v) is 6.16. The summed E-state index contributed by atoms with van der Waals surface area (Å²) in [5, 5.41) is 3.13. The summed E-state index contributed by atoms with van der Waals surface area (Å²) in [6.45, 7) is 2.93. The first-order valence-electron chi connectivity index (χ1n) is 7.79. The van der Waals surface area contributed by atoms with Crippen LogP contribution in [0, 0.1) is 0 Å². The summed E-state index contributed by atoms with van der Waals surface area (Å²) in [5.41, 5.74) is 3.29.